The summed E-state index contributed by atoms with van der Waals surface area (Å²) in [6.07, 6.45) is 2.61. The molecule has 0 radical (unpaired) electrons. The number of rotatable bonds is 19. The number of carbonyl (C=O) groups is 2. The molecule has 0 saturated heterocycles. The number of para-hydroxylation sites is 1. The van der Waals surface area contributed by atoms with E-state index in [4.69, 9.17) is 28.4 Å². The molecule has 0 fully saturated rings. The van der Waals surface area contributed by atoms with Crippen LogP contribution in [0.5, 0.6) is 23.0 Å². The Bertz CT molecular complexity index is 2110. The third-order valence-electron chi connectivity index (χ3n) is 10.8. The third-order valence-corrected chi connectivity index (χ3v) is 10.8. The molecule has 0 saturated carbocycles. The average molecular weight is 879 g/mol. The first-order chi connectivity index (χ1) is 29.0. The minimum atomic E-state index is -0.977. The average Bonchev–Trinajstić information content (AvgIpc) is 3.25. The van der Waals surface area contributed by atoms with E-state index < -0.39 is 28.2 Å². The number of allylic oxidation sites excluding steroid dienone is 2. The predicted octanol–water partition coefficient (Wildman–Crippen LogP) is 8.72. The number of esters is 2. The van der Waals surface area contributed by atoms with Crippen LogP contribution in [0.4, 0.5) is 5.69 Å². The summed E-state index contributed by atoms with van der Waals surface area (Å²) in [6, 6.07) is 20.5. The Morgan fingerprint density at radius 1 is 0.839 bits per heavy atom. The molecule has 3 aromatic carbocycles. The number of likely N-dealkylation sites (N-methyl/N-ethyl adjacent to an activating group) is 1. The minimum Gasteiger partial charge on any atom is -0.493 e. The van der Waals surface area contributed by atoms with Crippen molar-refractivity contribution in [1.29, 1.82) is 5.26 Å². The van der Waals surface area contributed by atoms with Crippen LogP contribution in [-0.4, -0.2) is 84.1 Å². The molecule has 1 aliphatic rings. The van der Waals surface area contributed by atoms with Gasteiger partial charge < -0.3 is 38.6 Å². The second-order valence-electron chi connectivity index (χ2n) is 15.6. The Balaban J connectivity index is 0.000000425. The molecule has 3 aromatic rings. The van der Waals surface area contributed by atoms with Crippen LogP contribution in [0.1, 0.15) is 77.0 Å². The van der Waals surface area contributed by atoms with Crippen molar-refractivity contribution in [2.24, 2.45) is 11.8 Å². The van der Waals surface area contributed by atoms with Gasteiger partial charge in [-0.15, -0.1) is 12.4 Å². The molecule has 62 heavy (non-hydrogen) atoms. The summed E-state index contributed by atoms with van der Waals surface area (Å²) >= 11 is 0. The van der Waals surface area contributed by atoms with Crippen LogP contribution >= 0.6 is 12.4 Å². The van der Waals surface area contributed by atoms with Crippen LogP contribution in [0.15, 0.2) is 83.2 Å². The number of carbonyl (C=O) groups excluding carboxylic acids is 2. The van der Waals surface area contributed by atoms with Crippen LogP contribution in [0.3, 0.4) is 0 Å². The van der Waals surface area contributed by atoms with Crippen molar-refractivity contribution in [1.82, 2.24) is 10.2 Å². The molecular weight excluding hydrogens is 816 g/mol. The lowest BCUT2D eigenvalue weighted by atomic mass is 9.69. The summed E-state index contributed by atoms with van der Waals surface area (Å²) in [7, 11) is 9.89. The van der Waals surface area contributed by atoms with Gasteiger partial charge in [-0.2, -0.15) is 5.26 Å². The summed E-state index contributed by atoms with van der Waals surface area (Å²) in [4.78, 5) is 38.8. The number of hydrogen-bond acceptors (Lipinski definition) is 13. The van der Waals surface area contributed by atoms with Gasteiger partial charge in [0.25, 0.3) is 5.69 Å². The summed E-state index contributed by atoms with van der Waals surface area (Å²) in [5.41, 5.74) is 2.87. The number of nitro benzene ring substituents is 1. The fourth-order valence-electron chi connectivity index (χ4n) is 7.40. The number of benzene rings is 3. The maximum atomic E-state index is 12.9. The second-order valence-corrected chi connectivity index (χ2v) is 15.6. The van der Waals surface area contributed by atoms with E-state index >= 15 is 0 Å². The quantitative estimate of drug-likeness (QED) is 0.0689. The zero-order chi connectivity index (χ0) is 45.4. The zero-order valence-electron chi connectivity index (χ0n) is 38.1. The molecule has 2 atom stereocenters. The number of nitriles is 1. The molecule has 0 bridgehead atoms. The number of nitro groups is 1. The topological polar surface area (TPSA) is 172 Å². The number of nitrogens with zero attached hydrogens (tertiary/aromatic N) is 3. The van der Waals surface area contributed by atoms with Crippen LogP contribution in [0, 0.1) is 33.3 Å². The first-order valence-corrected chi connectivity index (χ1v) is 20.2. The second kappa shape index (κ2) is 24.6. The number of halogens is 1. The molecule has 338 valence electrons. The van der Waals surface area contributed by atoms with Gasteiger partial charge in [0.15, 0.2) is 23.0 Å². The Hall–Kier alpha value is -5.78. The fourth-order valence-corrected chi connectivity index (χ4v) is 7.40. The molecule has 1 aliphatic heterocycles. The predicted molar refractivity (Wildman–Crippen MR) is 241 cm³/mol. The Morgan fingerprint density at radius 3 is 1.94 bits per heavy atom. The molecule has 0 aromatic heterocycles. The molecule has 2 unspecified atom stereocenters. The Labute approximate surface area is 372 Å². The van der Waals surface area contributed by atoms with Crippen molar-refractivity contribution in [2.45, 2.75) is 72.1 Å². The molecular formula is C47H63ClN4O10. The monoisotopic (exact) mass is 878 g/mol. The lowest BCUT2D eigenvalue weighted by molar-refractivity contribution is -0.385. The van der Waals surface area contributed by atoms with Gasteiger partial charge in [-0.3, -0.25) is 10.1 Å². The number of nitrogens with one attached hydrogen (secondary N) is 1. The molecule has 0 aliphatic carbocycles. The first-order valence-electron chi connectivity index (χ1n) is 20.2. The molecule has 0 spiro atoms. The number of dihydropyridines is 1. The van der Waals surface area contributed by atoms with E-state index in [0.29, 0.717) is 22.9 Å². The van der Waals surface area contributed by atoms with Crippen molar-refractivity contribution in [3.63, 3.8) is 0 Å². The van der Waals surface area contributed by atoms with Crippen LogP contribution < -0.4 is 24.3 Å². The highest BCUT2D eigenvalue weighted by atomic mass is 35.5. The number of hydrogen-bond donors (Lipinski definition) is 1. The van der Waals surface area contributed by atoms with Gasteiger partial charge in [-0.05, 0) is 93.9 Å². The third kappa shape index (κ3) is 12.9. The summed E-state index contributed by atoms with van der Waals surface area (Å²) in [5.74, 6) is 0.824. The molecule has 1 N–H and O–H groups in total. The van der Waals surface area contributed by atoms with Gasteiger partial charge in [0.2, 0.25) is 0 Å². The smallest absolute Gasteiger partial charge is 0.336 e. The van der Waals surface area contributed by atoms with Crippen molar-refractivity contribution in [2.75, 3.05) is 62.3 Å². The lowest BCUT2D eigenvalue weighted by Crippen LogP contribution is -2.32. The molecule has 1 heterocycles. The highest BCUT2D eigenvalue weighted by molar-refractivity contribution is 6.00. The lowest BCUT2D eigenvalue weighted by Gasteiger charge is -2.32. The van der Waals surface area contributed by atoms with E-state index in [-0.39, 0.29) is 53.2 Å². The minimum absolute atomic E-state index is 0. The molecule has 0 amide bonds. The zero-order valence-corrected chi connectivity index (χ0v) is 38.9. The van der Waals surface area contributed by atoms with Gasteiger partial charge in [0.05, 0.1) is 75.6 Å². The number of ether oxygens (including phenoxy) is 6. The summed E-state index contributed by atoms with van der Waals surface area (Å²) in [5, 5.41) is 24.8. The van der Waals surface area contributed by atoms with E-state index in [1.54, 1.807) is 48.4 Å². The van der Waals surface area contributed by atoms with E-state index in [9.17, 15) is 25.0 Å². The van der Waals surface area contributed by atoms with Crippen LogP contribution in [0.2, 0.25) is 0 Å². The van der Waals surface area contributed by atoms with E-state index in [1.165, 1.54) is 30.9 Å². The standard InChI is InChI=1S/C27H38N2O4.C20H24N2O6.ClH/c1-20(2)27(19-28,22-10-12-24(31-5)26(18-22)33-7)14-8-15-29(3)16-13-21-9-11-23(30-4)25(17-21)32-6;1-11(2)10-28-20(24)17-13(4)21-12(3)16(19(23)27-5)18(17)14-8-6-7-9-15(14)22(25)26;/h9-12,17-18,20H,8,13-16H2,1-7H3;6-9,11,18,21H,10H2,1-5H3;1H. The van der Waals surface area contributed by atoms with E-state index in [2.05, 4.69) is 43.2 Å². The van der Waals surface area contributed by atoms with Crippen LogP contribution in [0.25, 0.3) is 0 Å². The van der Waals surface area contributed by atoms with E-state index in [0.717, 1.165) is 49.4 Å². The maximum Gasteiger partial charge on any atom is 0.336 e. The van der Waals surface area contributed by atoms with Crippen molar-refractivity contribution in [3.05, 3.63) is 110 Å². The normalized spacial score (nSPS) is 14.4. The highest BCUT2D eigenvalue weighted by Crippen LogP contribution is 2.43. The van der Waals surface area contributed by atoms with Crippen molar-refractivity contribution >= 4 is 30.0 Å². The van der Waals surface area contributed by atoms with Gasteiger partial charge in [-0.1, -0.05) is 58.0 Å². The fraction of sp³-hybridized carbons (Fsp3) is 0.468. The van der Waals surface area contributed by atoms with Crippen molar-refractivity contribution in [3.8, 4) is 29.1 Å². The van der Waals surface area contributed by atoms with Gasteiger partial charge in [0.1, 0.15) is 0 Å². The first kappa shape index (κ1) is 52.4. The van der Waals surface area contributed by atoms with Gasteiger partial charge in [-0.25, -0.2) is 9.59 Å². The largest absolute Gasteiger partial charge is 0.493 e. The number of methoxy groups -OCH3 is 5. The SMILES string of the molecule is COC(=O)C1=C(C)NC(C)=C(C(=O)OCC(C)C)C1c1ccccc1[N+](=O)[O-].COc1ccc(CCN(C)CCCC(C#N)(c2ccc(OC)c(OC)c2)C(C)C)cc1OC.Cl. The Kier molecular flexibility index (Phi) is 20.8. The molecule has 15 heteroatoms. The summed E-state index contributed by atoms with van der Waals surface area (Å²) < 4.78 is 31.9. The van der Waals surface area contributed by atoms with Gasteiger partial charge >= 0.3 is 11.9 Å². The van der Waals surface area contributed by atoms with E-state index in [1.807, 2.05) is 44.2 Å². The van der Waals surface area contributed by atoms with Gasteiger partial charge in [0, 0.05) is 29.6 Å². The van der Waals surface area contributed by atoms with Crippen molar-refractivity contribution < 1.29 is 42.9 Å². The maximum absolute atomic E-state index is 12.9. The Morgan fingerprint density at radius 2 is 1.40 bits per heavy atom. The highest BCUT2D eigenvalue weighted by Gasteiger charge is 2.41. The molecule has 14 nitrogen and oxygen atoms in total. The molecule has 4 rings (SSSR count). The van der Waals surface area contributed by atoms with Crippen LogP contribution in [-0.2, 0) is 30.9 Å². The summed E-state index contributed by atoms with van der Waals surface area (Å²) in [6.45, 7) is 13.4.